The number of aromatic nitrogens is 1. The molecule has 26 heavy (non-hydrogen) atoms. The van der Waals surface area contributed by atoms with Gasteiger partial charge in [0.15, 0.2) is 4.32 Å². The van der Waals surface area contributed by atoms with Crippen LogP contribution >= 0.6 is 35.6 Å². The van der Waals surface area contributed by atoms with Crippen LogP contribution in [0.1, 0.15) is 5.69 Å². The Hall–Kier alpha value is -2.34. The lowest BCUT2D eigenvalue weighted by atomic mass is 10.2. The summed E-state index contributed by atoms with van der Waals surface area (Å²) in [6.45, 7) is 0. The van der Waals surface area contributed by atoms with Gasteiger partial charge >= 0.3 is 0 Å². The number of carbonyl (C=O) groups excluding carboxylic acids is 1. The summed E-state index contributed by atoms with van der Waals surface area (Å²) in [4.78, 5) is 15.0. The first kappa shape index (κ1) is 17.1. The maximum atomic E-state index is 12.9. The van der Waals surface area contributed by atoms with Crippen molar-refractivity contribution in [3.05, 3.63) is 88.5 Å². The van der Waals surface area contributed by atoms with Crippen LogP contribution in [0.25, 0.3) is 11.8 Å². The second-order valence-electron chi connectivity index (χ2n) is 5.63. The van der Waals surface area contributed by atoms with Crippen LogP contribution < -0.4 is 4.90 Å². The summed E-state index contributed by atoms with van der Waals surface area (Å²) in [5.41, 5.74) is 2.66. The molecular formula is C20H13ClN2OS2. The molecule has 3 nitrogen and oxygen atoms in total. The first-order chi connectivity index (χ1) is 12.6. The third-order valence-corrected chi connectivity index (χ3v) is 5.53. The highest BCUT2D eigenvalue weighted by molar-refractivity contribution is 8.27. The average Bonchev–Trinajstić information content (AvgIpc) is 3.21. The molecule has 6 heteroatoms. The van der Waals surface area contributed by atoms with Crippen molar-refractivity contribution in [3.63, 3.8) is 0 Å². The van der Waals surface area contributed by atoms with Crippen LogP contribution in [-0.2, 0) is 4.79 Å². The summed E-state index contributed by atoms with van der Waals surface area (Å²) in [5, 5.41) is 0.686. The molecule has 0 saturated carbocycles. The second kappa shape index (κ2) is 7.11. The van der Waals surface area contributed by atoms with Crippen molar-refractivity contribution in [2.45, 2.75) is 0 Å². The van der Waals surface area contributed by atoms with Gasteiger partial charge in [0.2, 0.25) is 0 Å². The Bertz CT molecular complexity index is 1010. The Labute approximate surface area is 165 Å². The number of amides is 1. The quantitative estimate of drug-likeness (QED) is 0.429. The zero-order chi connectivity index (χ0) is 18.1. The van der Waals surface area contributed by atoms with Crippen LogP contribution in [0.4, 0.5) is 5.69 Å². The van der Waals surface area contributed by atoms with Crippen LogP contribution in [0, 0.1) is 0 Å². The predicted octanol–water partition coefficient (Wildman–Crippen LogP) is 5.54. The van der Waals surface area contributed by atoms with Crippen molar-refractivity contribution in [1.29, 1.82) is 0 Å². The summed E-state index contributed by atoms with van der Waals surface area (Å²) in [6, 6.07) is 20.9. The molecule has 0 spiro atoms. The molecule has 0 atom stereocenters. The largest absolute Gasteiger partial charge is 0.317 e. The number of para-hydroxylation sites is 1. The Morgan fingerprint density at radius 3 is 2.38 bits per heavy atom. The molecule has 2 heterocycles. The van der Waals surface area contributed by atoms with Gasteiger partial charge in [0, 0.05) is 22.6 Å². The monoisotopic (exact) mass is 396 g/mol. The van der Waals surface area contributed by atoms with Crippen LogP contribution in [0.2, 0.25) is 5.02 Å². The van der Waals surface area contributed by atoms with E-state index in [1.807, 2.05) is 83.6 Å². The Balaban J connectivity index is 1.68. The number of nitrogens with zero attached hydrogens (tertiary/aromatic N) is 2. The van der Waals surface area contributed by atoms with Gasteiger partial charge in [0.25, 0.3) is 5.91 Å². The van der Waals surface area contributed by atoms with Crippen LogP contribution in [0.5, 0.6) is 0 Å². The first-order valence-electron chi connectivity index (χ1n) is 7.90. The lowest BCUT2D eigenvalue weighted by Crippen LogP contribution is -2.27. The van der Waals surface area contributed by atoms with E-state index in [9.17, 15) is 4.79 Å². The van der Waals surface area contributed by atoms with Crippen molar-refractivity contribution in [1.82, 2.24) is 4.57 Å². The van der Waals surface area contributed by atoms with Gasteiger partial charge in [-0.2, -0.15) is 0 Å². The smallest absolute Gasteiger partial charge is 0.270 e. The molecule has 0 aliphatic carbocycles. The molecule has 3 aromatic rings. The summed E-state index contributed by atoms with van der Waals surface area (Å²) in [6.07, 6.45) is 3.82. The van der Waals surface area contributed by atoms with Crippen molar-refractivity contribution < 1.29 is 4.79 Å². The third-order valence-electron chi connectivity index (χ3n) is 3.97. The number of carbonyl (C=O) groups is 1. The molecule has 1 aliphatic rings. The summed E-state index contributed by atoms with van der Waals surface area (Å²) < 4.78 is 2.54. The van der Waals surface area contributed by atoms with E-state index in [1.54, 1.807) is 4.90 Å². The highest BCUT2D eigenvalue weighted by atomic mass is 35.5. The second-order valence-corrected chi connectivity index (χ2v) is 7.74. The molecule has 0 N–H and O–H groups in total. The zero-order valence-electron chi connectivity index (χ0n) is 13.5. The third kappa shape index (κ3) is 3.21. The molecule has 1 amide bonds. The van der Waals surface area contributed by atoms with Crippen molar-refractivity contribution in [2.24, 2.45) is 0 Å². The maximum absolute atomic E-state index is 12.9. The minimum atomic E-state index is -0.102. The number of thioether (sulfide) groups is 1. The fourth-order valence-corrected chi connectivity index (χ4v) is 4.16. The highest BCUT2D eigenvalue weighted by Gasteiger charge is 2.33. The molecule has 1 saturated heterocycles. The van der Waals surface area contributed by atoms with Gasteiger partial charge in [-0.05, 0) is 54.6 Å². The Kier molecular flexibility index (Phi) is 4.68. The van der Waals surface area contributed by atoms with Crippen LogP contribution in [0.3, 0.4) is 0 Å². The molecule has 1 aromatic heterocycles. The lowest BCUT2D eigenvalue weighted by Gasteiger charge is -2.13. The normalized spacial score (nSPS) is 15.9. The molecule has 0 bridgehead atoms. The predicted molar refractivity (Wildman–Crippen MR) is 113 cm³/mol. The van der Waals surface area contributed by atoms with E-state index in [0.717, 1.165) is 17.1 Å². The lowest BCUT2D eigenvalue weighted by molar-refractivity contribution is -0.113. The fraction of sp³-hybridized carbons (Fsp3) is 0. The van der Waals surface area contributed by atoms with Crippen LogP contribution in [-0.4, -0.2) is 14.8 Å². The summed E-state index contributed by atoms with van der Waals surface area (Å²) in [5.74, 6) is -0.102. The van der Waals surface area contributed by atoms with E-state index in [4.69, 9.17) is 23.8 Å². The molecular weight excluding hydrogens is 384 g/mol. The molecule has 128 valence electrons. The van der Waals surface area contributed by atoms with Gasteiger partial charge in [-0.3, -0.25) is 9.69 Å². The number of anilines is 1. The molecule has 1 fully saturated rings. The molecule has 4 rings (SSSR count). The number of thiocarbonyl (C=S) groups is 1. The molecule has 2 aromatic carbocycles. The number of rotatable bonds is 3. The zero-order valence-corrected chi connectivity index (χ0v) is 15.9. The summed E-state index contributed by atoms with van der Waals surface area (Å²) in [7, 11) is 0. The molecule has 1 aliphatic heterocycles. The van der Waals surface area contributed by atoms with Gasteiger partial charge in [0.05, 0.1) is 10.6 Å². The average molecular weight is 397 g/mol. The molecule has 0 radical (unpaired) electrons. The van der Waals surface area contributed by atoms with Crippen molar-refractivity contribution in [3.8, 4) is 5.69 Å². The van der Waals surface area contributed by atoms with E-state index < -0.39 is 0 Å². The highest BCUT2D eigenvalue weighted by Crippen LogP contribution is 2.36. The van der Waals surface area contributed by atoms with E-state index in [2.05, 4.69) is 0 Å². The number of benzene rings is 2. The number of hydrogen-bond donors (Lipinski definition) is 0. The topological polar surface area (TPSA) is 25.2 Å². The first-order valence-corrected chi connectivity index (χ1v) is 9.50. The minimum absolute atomic E-state index is 0.102. The van der Waals surface area contributed by atoms with E-state index in [-0.39, 0.29) is 5.91 Å². The minimum Gasteiger partial charge on any atom is -0.317 e. The Morgan fingerprint density at radius 2 is 1.65 bits per heavy atom. The van der Waals surface area contributed by atoms with Gasteiger partial charge in [-0.15, -0.1) is 0 Å². The fourth-order valence-electron chi connectivity index (χ4n) is 2.75. The van der Waals surface area contributed by atoms with Crippen molar-refractivity contribution >= 4 is 57.6 Å². The van der Waals surface area contributed by atoms with Crippen LogP contribution in [0.15, 0.2) is 77.8 Å². The SMILES string of the molecule is O=C1/C(=C\c2cccn2-c2ccc(Cl)cc2)SC(=S)N1c1ccccc1. The number of hydrogen-bond acceptors (Lipinski definition) is 3. The summed E-state index contributed by atoms with van der Waals surface area (Å²) >= 11 is 12.7. The van der Waals surface area contributed by atoms with E-state index >= 15 is 0 Å². The number of halogens is 1. The van der Waals surface area contributed by atoms with Gasteiger partial charge in [-0.25, -0.2) is 0 Å². The van der Waals surface area contributed by atoms with Gasteiger partial charge < -0.3 is 4.57 Å². The molecule has 0 unspecified atom stereocenters. The van der Waals surface area contributed by atoms with Crippen molar-refractivity contribution in [2.75, 3.05) is 4.90 Å². The Morgan fingerprint density at radius 1 is 0.923 bits per heavy atom. The standard InChI is InChI=1S/C20H13ClN2OS2/c21-14-8-10-15(11-9-14)22-12-4-7-17(22)13-18-19(24)23(20(25)26-18)16-5-2-1-3-6-16/h1-13H/b18-13+. The van der Waals surface area contributed by atoms with Gasteiger partial charge in [-0.1, -0.05) is 53.8 Å². The maximum Gasteiger partial charge on any atom is 0.270 e. The van der Waals surface area contributed by atoms with E-state index in [1.165, 1.54) is 11.8 Å². The van der Waals surface area contributed by atoms with Gasteiger partial charge in [0.1, 0.15) is 0 Å². The van der Waals surface area contributed by atoms with E-state index in [0.29, 0.717) is 14.2 Å².